The van der Waals surface area contributed by atoms with E-state index in [0.717, 1.165) is 11.1 Å². The molecule has 0 radical (unpaired) electrons. The normalized spacial score (nSPS) is 20.7. The summed E-state index contributed by atoms with van der Waals surface area (Å²) in [4.78, 5) is 18.5. The Hall–Kier alpha value is -2.14. The number of ether oxygens (including phenoxy) is 1. The number of carbonyl (C=O) groups excluding carboxylic acids is 1. The summed E-state index contributed by atoms with van der Waals surface area (Å²) in [6.07, 6.45) is -0.253. The molecule has 2 unspecified atom stereocenters. The number of halogens is 1. The molecule has 0 saturated carbocycles. The zero-order valence-electron chi connectivity index (χ0n) is 13.4. The highest BCUT2D eigenvalue weighted by Gasteiger charge is 2.35. The summed E-state index contributed by atoms with van der Waals surface area (Å²) in [5.41, 5.74) is 2.13. The molecular weight excluding hydrogens is 368 g/mol. The molecule has 2 atom stereocenters. The average molecular weight is 387 g/mol. The number of benzene rings is 2. The molecule has 2 aromatic carbocycles. The first-order valence-corrected chi connectivity index (χ1v) is 8.79. The predicted octanol–water partition coefficient (Wildman–Crippen LogP) is 3.75. The van der Waals surface area contributed by atoms with Gasteiger partial charge in [0, 0.05) is 6.54 Å². The number of rotatable bonds is 4. The topological polar surface area (TPSA) is 41.9 Å². The molecule has 1 heterocycles. The van der Waals surface area contributed by atoms with Gasteiger partial charge in [0.05, 0.1) is 0 Å². The standard InChI is InChI=1S/C19H19BrN2O2/c1-14-21-18(24-13-16-10-6-3-7-11-16)17(20)19(23)22(14)12-15-8-4-2-5-9-15/h2-11,14,17H,12-13H2,1H3. The second kappa shape index (κ2) is 7.62. The molecule has 124 valence electrons. The maximum atomic E-state index is 12.7. The Morgan fingerprint density at radius 3 is 2.25 bits per heavy atom. The van der Waals surface area contributed by atoms with Gasteiger partial charge >= 0.3 is 0 Å². The minimum Gasteiger partial charge on any atom is -0.475 e. The lowest BCUT2D eigenvalue weighted by Gasteiger charge is -2.33. The monoisotopic (exact) mass is 386 g/mol. The smallest absolute Gasteiger partial charge is 0.247 e. The van der Waals surface area contributed by atoms with Crippen LogP contribution in [0.4, 0.5) is 0 Å². The third kappa shape index (κ3) is 3.85. The molecule has 2 aromatic rings. The summed E-state index contributed by atoms with van der Waals surface area (Å²) in [5, 5.41) is 0. The molecule has 0 saturated heterocycles. The van der Waals surface area contributed by atoms with E-state index in [1.807, 2.05) is 67.6 Å². The summed E-state index contributed by atoms with van der Waals surface area (Å²) >= 11 is 3.43. The lowest BCUT2D eigenvalue weighted by atomic mass is 10.2. The molecule has 0 bridgehead atoms. The first-order valence-electron chi connectivity index (χ1n) is 7.88. The number of alkyl halides is 1. The van der Waals surface area contributed by atoms with Gasteiger partial charge in [0.2, 0.25) is 11.8 Å². The summed E-state index contributed by atoms with van der Waals surface area (Å²) in [5.74, 6) is 0.421. The van der Waals surface area contributed by atoms with Gasteiger partial charge in [0.15, 0.2) is 4.83 Å². The van der Waals surface area contributed by atoms with E-state index in [1.54, 1.807) is 4.90 Å². The number of nitrogens with zero attached hydrogens (tertiary/aromatic N) is 2. The molecule has 5 heteroatoms. The van der Waals surface area contributed by atoms with Crippen LogP contribution in [0.3, 0.4) is 0 Å². The van der Waals surface area contributed by atoms with Crippen molar-refractivity contribution in [3.05, 3.63) is 71.8 Å². The first-order chi connectivity index (χ1) is 11.6. The van der Waals surface area contributed by atoms with E-state index in [1.165, 1.54) is 0 Å². The molecule has 0 N–H and O–H groups in total. The van der Waals surface area contributed by atoms with Crippen molar-refractivity contribution < 1.29 is 9.53 Å². The Bertz CT molecular complexity index is 719. The first kappa shape index (κ1) is 16.7. The zero-order valence-corrected chi connectivity index (χ0v) is 15.0. The average Bonchev–Trinajstić information content (AvgIpc) is 2.62. The van der Waals surface area contributed by atoms with Crippen LogP contribution >= 0.6 is 15.9 Å². The Kier molecular flexibility index (Phi) is 5.30. The van der Waals surface area contributed by atoms with Crippen molar-refractivity contribution >= 4 is 27.7 Å². The highest BCUT2D eigenvalue weighted by molar-refractivity contribution is 9.10. The molecule has 1 aliphatic rings. The number of carbonyl (C=O) groups is 1. The van der Waals surface area contributed by atoms with Crippen molar-refractivity contribution in [1.29, 1.82) is 0 Å². The maximum Gasteiger partial charge on any atom is 0.247 e. The van der Waals surface area contributed by atoms with Gasteiger partial charge in [-0.25, -0.2) is 4.99 Å². The highest BCUT2D eigenvalue weighted by Crippen LogP contribution is 2.22. The summed E-state index contributed by atoms with van der Waals surface area (Å²) in [6.45, 7) is 2.85. The van der Waals surface area contributed by atoms with Crippen LogP contribution in [-0.2, 0) is 22.7 Å². The molecule has 4 nitrogen and oxygen atoms in total. The molecule has 0 aliphatic carbocycles. The van der Waals surface area contributed by atoms with Crippen LogP contribution in [0, 0.1) is 0 Å². The largest absolute Gasteiger partial charge is 0.475 e. The molecular formula is C19H19BrN2O2. The van der Waals surface area contributed by atoms with Crippen molar-refractivity contribution in [1.82, 2.24) is 4.90 Å². The Morgan fingerprint density at radius 1 is 1.04 bits per heavy atom. The van der Waals surface area contributed by atoms with Crippen LogP contribution in [0.25, 0.3) is 0 Å². The van der Waals surface area contributed by atoms with E-state index < -0.39 is 4.83 Å². The summed E-state index contributed by atoms with van der Waals surface area (Å²) in [6, 6.07) is 19.8. The number of hydrogen-bond donors (Lipinski definition) is 0. The van der Waals surface area contributed by atoms with E-state index in [-0.39, 0.29) is 12.1 Å². The van der Waals surface area contributed by atoms with Crippen molar-refractivity contribution in [2.75, 3.05) is 0 Å². The van der Waals surface area contributed by atoms with Crippen LogP contribution in [0.2, 0.25) is 0 Å². The van der Waals surface area contributed by atoms with Crippen molar-refractivity contribution in [3.8, 4) is 0 Å². The van der Waals surface area contributed by atoms with Crippen LogP contribution in [-0.4, -0.2) is 27.7 Å². The molecule has 24 heavy (non-hydrogen) atoms. The second-order valence-corrected chi connectivity index (χ2v) is 6.60. The number of aliphatic imine (C=N–C) groups is 1. The SMILES string of the molecule is CC1N=C(OCc2ccccc2)C(Br)C(=O)N1Cc1ccccc1. The van der Waals surface area contributed by atoms with E-state index in [0.29, 0.717) is 19.0 Å². The minimum atomic E-state index is -0.541. The van der Waals surface area contributed by atoms with Crippen molar-refractivity contribution in [2.45, 2.75) is 31.1 Å². The lowest BCUT2D eigenvalue weighted by molar-refractivity contribution is -0.133. The molecule has 0 aromatic heterocycles. The van der Waals surface area contributed by atoms with Crippen molar-refractivity contribution in [2.24, 2.45) is 4.99 Å². The van der Waals surface area contributed by atoms with Gasteiger partial charge in [-0.2, -0.15) is 0 Å². The molecule has 1 aliphatic heterocycles. The molecule has 0 fully saturated rings. The fraction of sp³-hybridized carbons (Fsp3) is 0.263. The fourth-order valence-corrected chi connectivity index (χ4v) is 3.10. The third-order valence-corrected chi connectivity index (χ3v) is 4.69. The Morgan fingerprint density at radius 2 is 1.62 bits per heavy atom. The van der Waals surface area contributed by atoms with Gasteiger partial charge < -0.3 is 9.64 Å². The number of amides is 1. The van der Waals surface area contributed by atoms with Crippen LogP contribution in [0.5, 0.6) is 0 Å². The van der Waals surface area contributed by atoms with Crippen LogP contribution < -0.4 is 0 Å². The Balaban J connectivity index is 1.69. The van der Waals surface area contributed by atoms with E-state index in [4.69, 9.17) is 4.74 Å². The van der Waals surface area contributed by atoms with Gasteiger partial charge in [0.25, 0.3) is 0 Å². The quantitative estimate of drug-likeness (QED) is 0.750. The van der Waals surface area contributed by atoms with Gasteiger partial charge in [-0.3, -0.25) is 4.79 Å². The molecule has 3 rings (SSSR count). The summed E-state index contributed by atoms with van der Waals surface area (Å²) in [7, 11) is 0. The van der Waals surface area contributed by atoms with Gasteiger partial charge in [-0.15, -0.1) is 0 Å². The van der Waals surface area contributed by atoms with E-state index in [2.05, 4.69) is 20.9 Å². The van der Waals surface area contributed by atoms with Gasteiger partial charge in [0.1, 0.15) is 12.8 Å². The lowest BCUT2D eigenvalue weighted by Crippen LogP contribution is -2.49. The Labute approximate surface area is 150 Å². The van der Waals surface area contributed by atoms with Crippen molar-refractivity contribution in [3.63, 3.8) is 0 Å². The number of hydrogen-bond acceptors (Lipinski definition) is 3. The second-order valence-electron chi connectivity index (χ2n) is 5.69. The zero-order chi connectivity index (χ0) is 16.9. The van der Waals surface area contributed by atoms with E-state index in [9.17, 15) is 4.79 Å². The van der Waals surface area contributed by atoms with E-state index >= 15 is 0 Å². The molecule has 0 spiro atoms. The molecule has 1 amide bonds. The van der Waals surface area contributed by atoms with Crippen LogP contribution in [0.1, 0.15) is 18.1 Å². The van der Waals surface area contributed by atoms with Crippen LogP contribution in [0.15, 0.2) is 65.7 Å². The minimum absolute atomic E-state index is 0.0237. The highest BCUT2D eigenvalue weighted by atomic mass is 79.9. The third-order valence-electron chi connectivity index (χ3n) is 3.91. The maximum absolute atomic E-state index is 12.7. The fourth-order valence-electron chi connectivity index (χ4n) is 2.59. The summed E-state index contributed by atoms with van der Waals surface area (Å²) < 4.78 is 5.78. The van der Waals surface area contributed by atoms with Gasteiger partial charge in [-0.05, 0) is 18.1 Å². The predicted molar refractivity (Wildman–Crippen MR) is 97.8 cm³/mol. The van der Waals surface area contributed by atoms with Gasteiger partial charge in [-0.1, -0.05) is 76.6 Å².